The molecule has 2 N–H and O–H groups in total. The van der Waals surface area contributed by atoms with Crippen molar-refractivity contribution in [3.8, 4) is 0 Å². The molecule has 1 aromatic rings. The number of nitrogen functional groups attached to an aromatic ring is 1. The Bertz CT molecular complexity index is 227. The van der Waals surface area contributed by atoms with Crippen molar-refractivity contribution in [3.05, 3.63) is 22.9 Å². The number of aromatic nitrogens is 1. The van der Waals surface area contributed by atoms with Crippen LogP contribution >= 0.6 is 0 Å². The number of hydrogen-bond acceptors (Lipinski definition) is 2. The highest BCUT2D eigenvalue weighted by atomic mass is 14.8. The van der Waals surface area contributed by atoms with Crippen LogP contribution in [-0.4, -0.2) is 4.98 Å². The van der Waals surface area contributed by atoms with Crippen molar-refractivity contribution in [1.82, 2.24) is 4.98 Å². The molecule has 0 fully saturated rings. The molecule has 0 saturated heterocycles. The molecule has 0 aliphatic heterocycles. The normalized spacial score (nSPS) is 9.90. The molecule has 1 aromatic heterocycles. The van der Waals surface area contributed by atoms with E-state index in [2.05, 4.69) is 11.9 Å². The van der Waals surface area contributed by atoms with Gasteiger partial charge in [-0.1, -0.05) is 0 Å². The molecule has 0 atom stereocenters. The third kappa shape index (κ3) is 0.967. The lowest BCUT2D eigenvalue weighted by Crippen LogP contribution is -1.97. The van der Waals surface area contributed by atoms with Gasteiger partial charge in [0.15, 0.2) is 0 Å². The van der Waals surface area contributed by atoms with Crippen molar-refractivity contribution in [2.45, 2.75) is 20.8 Å². The van der Waals surface area contributed by atoms with E-state index in [-0.39, 0.29) is 0 Å². The molecule has 0 aliphatic carbocycles. The molecule has 0 aromatic carbocycles. The fraction of sp³-hybridized carbons (Fsp3) is 0.375. The van der Waals surface area contributed by atoms with Crippen molar-refractivity contribution in [1.29, 1.82) is 0 Å². The zero-order chi connectivity index (χ0) is 7.72. The van der Waals surface area contributed by atoms with Gasteiger partial charge in [-0.15, -0.1) is 0 Å². The molecule has 0 radical (unpaired) electrons. The minimum Gasteiger partial charge on any atom is -0.383 e. The Labute approximate surface area is 61.1 Å². The van der Waals surface area contributed by atoms with E-state index in [0.717, 1.165) is 5.56 Å². The van der Waals surface area contributed by atoms with E-state index in [9.17, 15) is 0 Å². The molecule has 0 saturated carbocycles. The molecule has 0 amide bonds. The number of nitrogens with two attached hydrogens (primary N) is 1. The first kappa shape index (κ1) is 7.06. The fourth-order valence-corrected chi connectivity index (χ4v) is 0.848. The summed E-state index contributed by atoms with van der Waals surface area (Å²) in [6, 6.07) is 0. The molecular weight excluding hydrogens is 124 g/mol. The quantitative estimate of drug-likeness (QED) is 0.588. The molecule has 10 heavy (non-hydrogen) atoms. The molecule has 2 nitrogen and oxygen atoms in total. The van der Waals surface area contributed by atoms with E-state index in [0.29, 0.717) is 5.82 Å². The summed E-state index contributed by atoms with van der Waals surface area (Å²) < 4.78 is 0. The Morgan fingerprint density at radius 1 is 1.20 bits per heavy atom. The van der Waals surface area contributed by atoms with E-state index in [1.54, 1.807) is 6.20 Å². The smallest absolute Gasteiger partial charge is 0.126 e. The lowest BCUT2D eigenvalue weighted by molar-refractivity contribution is 1.17. The summed E-state index contributed by atoms with van der Waals surface area (Å²) in [6.45, 7) is 6.09. The summed E-state index contributed by atoms with van der Waals surface area (Å²) in [5, 5.41) is 0. The monoisotopic (exact) mass is 136 g/mol. The Morgan fingerprint density at radius 3 is 2.30 bits per heavy atom. The summed E-state index contributed by atoms with van der Waals surface area (Å²) >= 11 is 0. The van der Waals surface area contributed by atoms with E-state index in [4.69, 9.17) is 5.73 Å². The Hall–Kier alpha value is -1.05. The molecule has 0 aliphatic rings. The number of anilines is 1. The van der Waals surface area contributed by atoms with Gasteiger partial charge in [-0.3, -0.25) is 0 Å². The van der Waals surface area contributed by atoms with E-state index < -0.39 is 0 Å². The molecule has 1 rings (SSSR count). The molecule has 54 valence electrons. The summed E-state index contributed by atoms with van der Waals surface area (Å²) in [7, 11) is 0. The second kappa shape index (κ2) is 2.29. The predicted molar refractivity (Wildman–Crippen MR) is 42.9 cm³/mol. The minimum atomic E-state index is 0.642. The first-order valence-electron chi connectivity index (χ1n) is 3.31. The Kier molecular flexibility index (Phi) is 1.62. The highest BCUT2D eigenvalue weighted by Gasteiger charge is 1.99. The number of hydrogen-bond donors (Lipinski definition) is 1. The maximum absolute atomic E-state index is 5.58. The lowest BCUT2D eigenvalue weighted by atomic mass is 10.1. The second-order valence-corrected chi connectivity index (χ2v) is 2.58. The van der Waals surface area contributed by atoms with Gasteiger partial charge in [-0.2, -0.15) is 0 Å². The van der Waals surface area contributed by atoms with Crippen LogP contribution in [0.3, 0.4) is 0 Å². The van der Waals surface area contributed by atoms with Gasteiger partial charge in [0.2, 0.25) is 0 Å². The number of pyridine rings is 1. The standard InChI is InChI=1S/C8H12N2/c1-5-4-10-8(9)7(3)6(5)2/h4H,1-3H3,(H2,9,10). The van der Waals surface area contributed by atoms with Gasteiger partial charge >= 0.3 is 0 Å². The third-order valence-electron chi connectivity index (χ3n) is 1.94. The molecular formula is C8H12N2. The number of nitrogens with zero attached hydrogens (tertiary/aromatic N) is 1. The molecule has 0 bridgehead atoms. The summed E-state index contributed by atoms with van der Waals surface area (Å²) in [4.78, 5) is 4.02. The Morgan fingerprint density at radius 2 is 1.80 bits per heavy atom. The maximum atomic E-state index is 5.58. The highest BCUT2D eigenvalue weighted by Crippen LogP contribution is 2.14. The van der Waals surface area contributed by atoms with E-state index in [1.165, 1.54) is 11.1 Å². The molecule has 2 heteroatoms. The van der Waals surface area contributed by atoms with Gasteiger partial charge in [0.1, 0.15) is 5.82 Å². The van der Waals surface area contributed by atoms with E-state index >= 15 is 0 Å². The zero-order valence-corrected chi connectivity index (χ0v) is 6.60. The van der Waals surface area contributed by atoms with Crippen LogP contribution in [0.1, 0.15) is 16.7 Å². The Balaban J connectivity index is 3.34. The maximum Gasteiger partial charge on any atom is 0.126 e. The van der Waals surface area contributed by atoms with Crippen LogP contribution in [0.25, 0.3) is 0 Å². The van der Waals surface area contributed by atoms with Crippen LogP contribution in [0.5, 0.6) is 0 Å². The highest BCUT2D eigenvalue weighted by molar-refractivity contribution is 5.45. The SMILES string of the molecule is Cc1cnc(N)c(C)c1C. The fourth-order valence-electron chi connectivity index (χ4n) is 0.848. The summed E-state index contributed by atoms with van der Waals surface area (Å²) in [5.41, 5.74) is 9.12. The van der Waals surface area contributed by atoms with Crippen molar-refractivity contribution in [2.75, 3.05) is 5.73 Å². The largest absolute Gasteiger partial charge is 0.383 e. The van der Waals surface area contributed by atoms with Gasteiger partial charge in [-0.25, -0.2) is 4.98 Å². The average molecular weight is 136 g/mol. The first-order chi connectivity index (χ1) is 4.63. The van der Waals surface area contributed by atoms with Crippen LogP contribution in [0, 0.1) is 20.8 Å². The van der Waals surface area contributed by atoms with Crippen molar-refractivity contribution in [2.24, 2.45) is 0 Å². The average Bonchev–Trinajstić information content (AvgIpc) is 1.93. The minimum absolute atomic E-state index is 0.642. The van der Waals surface area contributed by atoms with Gasteiger partial charge in [-0.05, 0) is 37.5 Å². The summed E-state index contributed by atoms with van der Waals surface area (Å²) in [5.74, 6) is 0.642. The summed E-state index contributed by atoms with van der Waals surface area (Å²) in [6.07, 6.45) is 1.80. The molecule has 0 unspecified atom stereocenters. The van der Waals surface area contributed by atoms with Crippen molar-refractivity contribution >= 4 is 5.82 Å². The first-order valence-corrected chi connectivity index (χ1v) is 3.31. The third-order valence-corrected chi connectivity index (χ3v) is 1.94. The van der Waals surface area contributed by atoms with Crippen LogP contribution in [0.15, 0.2) is 6.20 Å². The number of rotatable bonds is 0. The van der Waals surface area contributed by atoms with E-state index in [1.807, 2.05) is 13.8 Å². The molecule has 1 heterocycles. The van der Waals surface area contributed by atoms with Crippen LogP contribution in [0.2, 0.25) is 0 Å². The zero-order valence-electron chi connectivity index (χ0n) is 6.60. The van der Waals surface area contributed by atoms with Crippen molar-refractivity contribution in [3.63, 3.8) is 0 Å². The van der Waals surface area contributed by atoms with Crippen LogP contribution in [0.4, 0.5) is 5.82 Å². The molecule has 0 spiro atoms. The van der Waals surface area contributed by atoms with Crippen molar-refractivity contribution < 1.29 is 0 Å². The van der Waals surface area contributed by atoms with Crippen LogP contribution in [-0.2, 0) is 0 Å². The van der Waals surface area contributed by atoms with Crippen LogP contribution < -0.4 is 5.73 Å². The second-order valence-electron chi connectivity index (χ2n) is 2.58. The van der Waals surface area contributed by atoms with Gasteiger partial charge in [0, 0.05) is 6.20 Å². The van der Waals surface area contributed by atoms with Gasteiger partial charge in [0.05, 0.1) is 0 Å². The number of aryl methyl sites for hydroxylation is 1. The van der Waals surface area contributed by atoms with Gasteiger partial charge < -0.3 is 5.73 Å². The predicted octanol–water partition coefficient (Wildman–Crippen LogP) is 1.59. The topological polar surface area (TPSA) is 38.9 Å². The lowest BCUT2D eigenvalue weighted by Gasteiger charge is -2.04. The van der Waals surface area contributed by atoms with Gasteiger partial charge in [0.25, 0.3) is 0 Å².